The number of carbonyl (C=O) groups is 1. The molecule has 0 spiro atoms. The topological polar surface area (TPSA) is 63.2 Å². The summed E-state index contributed by atoms with van der Waals surface area (Å²) in [6.45, 7) is 0. The van der Waals surface area contributed by atoms with Gasteiger partial charge in [-0.2, -0.15) is 0 Å². The fraction of sp³-hybridized carbons (Fsp3) is 0. The number of hydrogen-bond acceptors (Lipinski definition) is 3. The first-order valence-electron chi connectivity index (χ1n) is 3.21. The van der Waals surface area contributed by atoms with E-state index < -0.39 is 7.12 Å². The quantitative estimate of drug-likeness (QED) is 0.423. The van der Waals surface area contributed by atoms with Crippen LogP contribution < -0.4 is 15.5 Å². The summed E-state index contributed by atoms with van der Waals surface area (Å²) in [6, 6.07) is 3.96. The van der Waals surface area contributed by atoms with Gasteiger partial charge in [0.2, 0.25) is 0 Å². The normalized spacial score (nSPS) is 8.85. The molecule has 0 aliphatic heterocycles. The zero-order valence-electron chi connectivity index (χ0n) is 6.70. The van der Waals surface area contributed by atoms with Gasteiger partial charge in [-0.15, -0.1) is 5.46 Å². The molecule has 0 unspecified atom stereocenters. The van der Waals surface area contributed by atoms with Crippen molar-refractivity contribution in [2.24, 2.45) is 0 Å². The summed E-state index contributed by atoms with van der Waals surface area (Å²) in [7, 11) is -2.10. The van der Waals surface area contributed by atoms with Gasteiger partial charge in [0.25, 0.3) is 0 Å². The second-order valence-corrected chi connectivity index (χ2v) is 2.64. The van der Waals surface area contributed by atoms with Crippen LogP contribution in [0.3, 0.4) is 0 Å². The van der Waals surface area contributed by atoms with E-state index in [4.69, 9.17) is 11.6 Å². The number of rotatable bonds is 2. The van der Waals surface area contributed by atoms with Gasteiger partial charge in [-0.3, -0.25) is 4.79 Å². The predicted molar refractivity (Wildman–Crippen MR) is 48.0 cm³/mol. The molecule has 0 aliphatic carbocycles. The van der Waals surface area contributed by atoms with Crippen LogP contribution >= 0.6 is 11.6 Å². The number of halogens is 1. The summed E-state index contributed by atoms with van der Waals surface area (Å²) in [6.07, 6.45) is 0.597. The van der Waals surface area contributed by atoms with Crippen LogP contribution in [-0.2, 0) is 0 Å². The zero-order chi connectivity index (χ0) is 9.14. The van der Waals surface area contributed by atoms with Crippen LogP contribution in [0.4, 0.5) is 0 Å². The van der Waals surface area contributed by atoms with Gasteiger partial charge in [0.15, 0.2) is 0 Å². The smallest absolute Gasteiger partial charge is 0.889 e. The number of carbonyl (C=O) groups excluding carboxylic acids is 1. The molecule has 0 amide bonds. The minimum atomic E-state index is -2.10. The van der Waals surface area contributed by atoms with Crippen LogP contribution in [0.15, 0.2) is 18.2 Å². The van der Waals surface area contributed by atoms with Crippen molar-refractivity contribution in [3.8, 4) is 0 Å². The van der Waals surface area contributed by atoms with Crippen molar-refractivity contribution in [1.29, 1.82) is 0 Å². The Kier molecular flexibility index (Phi) is 5.59. The van der Waals surface area contributed by atoms with E-state index in [0.29, 0.717) is 11.8 Å². The van der Waals surface area contributed by atoms with Crippen LogP contribution in [0.1, 0.15) is 10.4 Å². The average Bonchev–Trinajstić information content (AvgIpc) is 2.03. The Bertz CT molecular complexity index is 306. The molecule has 0 saturated carbocycles. The summed E-state index contributed by atoms with van der Waals surface area (Å²) in [5.41, 5.74) is 0.326. The van der Waals surface area contributed by atoms with Crippen molar-refractivity contribution < 1.29 is 14.8 Å². The Morgan fingerprint density at radius 2 is 2.00 bits per heavy atom. The van der Waals surface area contributed by atoms with Crippen molar-refractivity contribution >= 4 is 53.5 Å². The molecular weight excluding hydrogens is 203 g/mol. The summed E-state index contributed by atoms with van der Waals surface area (Å²) in [5, 5.41) is 20.9. The summed E-state index contributed by atoms with van der Waals surface area (Å²) < 4.78 is 0. The maximum absolute atomic E-state index is 10.4. The maximum atomic E-state index is 10.4. The fourth-order valence-electron chi connectivity index (χ4n) is 0.808. The van der Waals surface area contributed by atoms with E-state index >= 15 is 0 Å². The Morgan fingerprint density at radius 1 is 1.38 bits per heavy atom. The first-order chi connectivity index (χ1) is 5.65. The second-order valence-electron chi connectivity index (χ2n) is 2.23. The minimum Gasteiger partial charge on any atom is -0.889 e. The molecule has 1 aromatic carbocycles. The van der Waals surface area contributed by atoms with Gasteiger partial charge in [0.1, 0.15) is 6.29 Å². The molecule has 0 radical (unpaired) electrons. The summed E-state index contributed by atoms with van der Waals surface area (Å²) in [5.74, 6) is 0. The second kappa shape index (κ2) is 5.62. The molecule has 62 valence electrons. The number of hydrogen-bond donors (Lipinski definition) is 0. The molecule has 0 bridgehead atoms. The van der Waals surface area contributed by atoms with E-state index in [9.17, 15) is 14.8 Å². The molecule has 0 saturated heterocycles. The van der Waals surface area contributed by atoms with E-state index in [2.05, 4.69) is 0 Å². The van der Waals surface area contributed by atoms with Crippen LogP contribution in [0.5, 0.6) is 0 Å². The van der Waals surface area contributed by atoms with Gasteiger partial charge in [-0.05, 0) is 6.07 Å². The van der Waals surface area contributed by atoms with Gasteiger partial charge in [-0.1, -0.05) is 30.9 Å². The van der Waals surface area contributed by atoms with Gasteiger partial charge >= 0.3 is 23.1 Å². The van der Waals surface area contributed by atoms with Crippen LogP contribution in [-0.4, -0.2) is 36.5 Å². The van der Waals surface area contributed by atoms with E-state index in [1.165, 1.54) is 18.2 Å². The van der Waals surface area contributed by atoms with Crippen LogP contribution in [0, 0.1) is 0 Å². The molecule has 6 heteroatoms. The van der Waals surface area contributed by atoms with E-state index in [0.717, 1.165) is 0 Å². The van der Waals surface area contributed by atoms with Crippen molar-refractivity contribution in [2.75, 3.05) is 0 Å². The van der Waals surface area contributed by atoms with E-state index in [1.807, 2.05) is 0 Å². The van der Waals surface area contributed by atoms with E-state index in [-0.39, 0.29) is 33.5 Å². The average molecular weight is 207 g/mol. The van der Waals surface area contributed by atoms with Crippen LogP contribution in [0.2, 0.25) is 5.02 Å². The Labute approximate surface area is 97.0 Å². The number of aldehydes is 1. The van der Waals surface area contributed by atoms with Crippen molar-refractivity contribution in [3.05, 3.63) is 28.8 Å². The molecule has 0 aromatic heterocycles. The molecule has 1 rings (SSSR count). The Hall–Kier alpha value is -0.0688. The third kappa shape index (κ3) is 3.28. The first kappa shape index (κ1) is 12.9. The minimum absolute atomic E-state index is 0. The fourth-order valence-corrected chi connectivity index (χ4v) is 1.09. The Morgan fingerprint density at radius 3 is 2.38 bits per heavy atom. The largest absolute Gasteiger partial charge is 2.00 e. The van der Waals surface area contributed by atoms with Crippen molar-refractivity contribution in [3.63, 3.8) is 0 Å². The molecule has 3 nitrogen and oxygen atoms in total. The molecule has 1 aromatic rings. The molecule has 0 N–H and O–H groups in total. The van der Waals surface area contributed by atoms with Gasteiger partial charge < -0.3 is 10.0 Å². The van der Waals surface area contributed by atoms with Crippen molar-refractivity contribution in [2.45, 2.75) is 0 Å². The Balaban J connectivity index is 0.00000144. The standard InChI is InChI=1S/C7H4BClO3.Mg/c9-7-3-5(4-10)1-2-6(7)8(11)12;/h1-4H;/q-2;+2. The van der Waals surface area contributed by atoms with Gasteiger partial charge in [-0.25, -0.2) is 0 Å². The van der Waals surface area contributed by atoms with Gasteiger partial charge in [0.05, 0.1) is 0 Å². The van der Waals surface area contributed by atoms with Gasteiger partial charge in [0, 0.05) is 10.6 Å². The summed E-state index contributed by atoms with van der Waals surface area (Å²) >= 11 is 5.54. The SMILES string of the molecule is O=Cc1ccc(B([O-])[O-])c(Cl)c1.[Mg+2]. The van der Waals surface area contributed by atoms with Crippen molar-refractivity contribution in [1.82, 2.24) is 0 Å². The predicted octanol–water partition coefficient (Wildman–Crippen LogP) is -1.81. The molecule has 0 fully saturated rings. The molecule has 13 heavy (non-hydrogen) atoms. The molecule has 0 heterocycles. The molecule has 0 aliphatic rings. The zero-order valence-corrected chi connectivity index (χ0v) is 8.87. The third-order valence-corrected chi connectivity index (χ3v) is 1.74. The number of benzene rings is 1. The molecular formula is C7H4BClMgO3. The monoisotopic (exact) mass is 206 g/mol. The third-order valence-electron chi connectivity index (χ3n) is 1.41. The summed E-state index contributed by atoms with van der Waals surface area (Å²) in [4.78, 5) is 10.2. The van der Waals surface area contributed by atoms with Crippen LogP contribution in [0.25, 0.3) is 0 Å². The molecule has 0 atom stereocenters. The van der Waals surface area contributed by atoms with E-state index in [1.54, 1.807) is 0 Å². The maximum Gasteiger partial charge on any atom is 2.00 e. The first-order valence-corrected chi connectivity index (χ1v) is 3.59.